The predicted octanol–water partition coefficient (Wildman–Crippen LogP) is 3.29. The van der Waals surface area contributed by atoms with E-state index in [2.05, 4.69) is 11.0 Å². The molecule has 1 fully saturated rings. The van der Waals surface area contributed by atoms with Gasteiger partial charge in [0.15, 0.2) is 0 Å². The second-order valence-electron chi connectivity index (χ2n) is 4.14. The molecule has 0 saturated carbocycles. The Morgan fingerprint density at radius 3 is 2.62 bits per heavy atom. The average molecular weight is 235 g/mol. The van der Waals surface area contributed by atoms with Crippen molar-refractivity contribution in [2.45, 2.75) is 25.1 Å². The minimum Gasteiger partial charge on any atom is -0.370 e. The van der Waals surface area contributed by atoms with Gasteiger partial charge in [-0.15, -0.1) is 11.6 Å². The van der Waals surface area contributed by atoms with Crippen LogP contribution < -0.4 is 4.90 Å². The van der Waals surface area contributed by atoms with Gasteiger partial charge in [0.05, 0.1) is 11.3 Å². The third-order valence-corrected chi connectivity index (χ3v) is 3.34. The normalized spacial score (nSPS) is 15.9. The number of piperidine rings is 1. The highest BCUT2D eigenvalue weighted by atomic mass is 35.5. The Morgan fingerprint density at radius 1 is 1.25 bits per heavy atom. The summed E-state index contributed by atoms with van der Waals surface area (Å²) in [6.07, 6.45) is 3.75. The van der Waals surface area contributed by atoms with E-state index in [-0.39, 0.29) is 0 Å². The first-order chi connectivity index (χ1) is 7.85. The smallest absolute Gasteiger partial charge is 0.101 e. The van der Waals surface area contributed by atoms with Gasteiger partial charge in [0.2, 0.25) is 0 Å². The Kier molecular flexibility index (Phi) is 3.69. The Hall–Kier alpha value is -1.20. The Labute approximate surface area is 101 Å². The minimum absolute atomic E-state index is 0.467. The fourth-order valence-electron chi connectivity index (χ4n) is 2.17. The van der Waals surface area contributed by atoms with Crippen LogP contribution in [-0.2, 0) is 5.88 Å². The van der Waals surface area contributed by atoms with Crippen LogP contribution in [-0.4, -0.2) is 13.1 Å². The van der Waals surface area contributed by atoms with E-state index in [9.17, 15) is 0 Å². The molecule has 0 radical (unpaired) electrons. The van der Waals surface area contributed by atoms with Gasteiger partial charge in [-0.05, 0) is 37.0 Å². The fraction of sp³-hybridized carbons (Fsp3) is 0.462. The molecule has 0 spiro atoms. The molecule has 16 heavy (non-hydrogen) atoms. The van der Waals surface area contributed by atoms with Crippen molar-refractivity contribution in [3.8, 4) is 6.07 Å². The molecule has 0 aromatic heterocycles. The van der Waals surface area contributed by atoms with Crippen LogP contribution in [0.3, 0.4) is 0 Å². The van der Waals surface area contributed by atoms with E-state index in [0.717, 1.165) is 29.9 Å². The molecule has 3 heteroatoms. The fourth-order valence-corrected chi connectivity index (χ4v) is 2.33. The van der Waals surface area contributed by atoms with Gasteiger partial charge in [0, 0.05) is 19.0 Å². The number of nitriles is 1. The Morgan fingerprint density at radius 2 is 2.00 bits per heavy atom. The molecule has 0 aliphatic carbocycles. The van der Waals surface area contributed by atoms with Gasteiger partial charge < -0.3 is 4.90 Å². The lowest BCUT2D eigenvalue weighted by Crippen LogP contribution is -2.30. The first-order valence-corrected chi connectivity index (χ1v) is 6.22. The van der Waals surface area contributed by atoms with Crippen molar-refractivity contribution in [2.24, 2.45) is 0 Å². The number of anilines is 1. The molecule has 0 atom stereocenters. The van der Waals surface area contributed by atoms with Gasteiger partial charge in [-0.1, -0.05) is 6.07 Å². The number of rotatable bonds is 2. The van der Waals surface area contributed by atoms with Crippen molar-refractivity contribution in [1.82, 2.24) is 0 Å². The van der Waals surface area contributed by atoms with Crippen LogP contribution in [0.5, 0.6) is 0 Å². The van der Waals surface area contributed by atoms with Crippen LogP contribution in [0.2, 0.25) is 0 Å². The molecule has 1 saturated heterocycles. The lowest BCUT2D eigenvalue weighted by molar-refractivity contribution is 0.577. The summed E-state index contributed by atoms with van der Waals surface area (Å²) in [6.45, 7) is 2.13. The summed E-state index contributed by atoms with van der Waals surface area (Å²) < 4.78 is 0. The van der Waals surface area contributed by atoms with Gasteiger partial charge in [0.1, 0.15) is 6.07 Å². The van der Waals surface area contributed by atoms with Crippen molar-refractivity contribution in [2.75, 3.05) is 18.0 Å². The lowest BCUT2D eigenvalue weighted by Gasteiger charge is -2.29. The molecule has 0 bridgehead atoms. The van der Waals surface area contributed by atoms with Gasteiger partial charge in [-0.3, -0.25) is 0 Å². The molecule has 0 N–H and O–H groups in total. The monoisotopic (exact) mass is 234 g/mol. The minimum atomic E-state index is 0.467. The van der Waals surface area contributed by atoms with Crippen LogP contribution in [0, 0.1) is 11.3 Å². The maximum absolute atomic E-state index is 9.15. The molecule has 0 unspecified atom stereocenters. The summed E-state index contributed by atoms with van der Waals surface area (Å²) in [5.41, 5.74) is 2.83. The maximum Gasteiger partial charge on any atom is 0.101 e. The highest BCUT2D eigenvalue weighted by molar-refractivity contribution is 6.17. The van der Waals surface area contributed by atoms with Crippen molar-refractivity contribution < 1.29 is 0 Å². The second kappa shape index (κ2) is 5.23. The highest BCUT2D eigenvalue weighted by Gasteiger charge is 2.14. The second-order valence-corrected chi connectivity index (χ2v) is 4.41. The van der Waals surface area contributed by atoms with Gasteiger partial charge >= 0.3 is 0 Å². The molecule has 1 aliphatic rings. The molecular formula is C13H15ClN2. The molecule has 0 amide bonds. The van der Waals surface area contributed by atoms with Crippen LogP contribution in [0.1, 0.15) is 30.4 Å². The topological polar surface area (TPSA) is 27.0 Å². The molecule has 1 aromatic carbocycles. The summed E-state index contributed by atoms with van der Waals surface area (Å²) in [6, 6.07) is 8.21. The average Bonchev–Trinajstić information content (AvgIpc) is 2.39. The number of benzene rings is 1. The van der Waals surface area contributed by atoms with E-state index < -0.39 is 0 Å². The van der Waals surface area contributed by atoms with E-state index in [0.29, 0.717) is 5.88 Å². The Bertz CT molecular complexity index is 403. The third kappa shape index (κ3) is 2.31. The van der Waals surface area contributed by atoms with Crippen LogP contribution in [0.4, 0.5) is 5.69 Å². The van der Waals surface area contributed by atoms with Crippen LogP contribution in [0.25, 0.3) is 0 Å². The van der Waals surface area contributed by atoms with Crippen LogP contribution in [0.15, 0.2) is 18.2 Å². The zero-order chi connectivity index (χ0) is 11.4. The summed E-state index contributed by atoms with van der Waals surface area (Å²) in [7, 11) is 0. The number of nitrogens with zero attached hydrogens (tertiary/aromatic N) is 2. The number of halogens is 1. The predicted molar refractivity (Wildman–Crippen MR) is 66.8 cm³/mol. The molecule has 1 aliphatic heterocycles. The van der Waals surface area contributed by atoms with Gasteiger partial charge in [-0.25, -0.2) is 0 Å². The molecular weight excluding hydrogens is 220 g/mol. The molecule has 2 nitrogen and oxygen atoms in total. The molecule has 2 rings (SSSR count). The first kappa shape index (κ1) is 11.3. The molecule has 1 aromatic rings. The summed E-state index contributed by atoms with van der Waals surface area (Å²) in [5, 5.41) is 9.15. The zero-order valence-electron chi connectivity index (χ0n) is 9.25. The van der Waals surface area contributed by atoms with Crippen molar-refractivity contribution in [3.63, 3.8) is 0 Å². The summed E-state index contributed by atoms with van der Waals surface area (Å²) in [4.78, 5) is 2.31. The standard InChI is InChI=1S/C13H15ClN2/c14-9-11-4-5-13(12(8-11)10-15)16-6-2-1-3-7-16/h4-5,8H,1-3,6-7,9H2. The van der Waals surface area contributed by atoms with Crippen molar-refractivity contribution in [3.05, 3.63) is 29.3 Å². The van der Waals surface area contributed by atoms with Crippen molar-refractivity contribution in [1.29, 1.82) is 5.26 Å². The van der Waals surface area contributed by atoms with E-state index in [1.807, 2.05) is 18.2 Å². The number of alkyl halides is 1. The quantitative estimate of drug-likeness (QED) is 0.735. The maximum atomic E-state index is 9.15. The van der Waals surface area contributed by atoms with E-state index in [1.54, 1.807) is 0 Å². The molecule has 84 valence electrons. The van der Waals surface area contributed by atoms with Crippen molar-refractivity contribution >= 4 is 17.3 Å². The zero-order valence-corrected chi connectivity index (χ0v) is 10.0. The largest absolute Gasteiger partial charge is 0.370 e. The lowest BCUT2D eigenvalue weighted by atomic mass is 10.1. The van der Waals surface area contributed by atoms with E-state index in [4.69, 9.17) is 16.9 Å². The molecule has 1 heterocycles. The van der Waals surface area contributed by atoms with E-state index >= 15 is 0 Å². The summed E-state index contributed by atoms with van der Waals surface area (Å²) >= 11 is 5.77. The van der Waals surface area contributed by atoms with Gasteiger partial charge in [0.25, 0.3) is 0 Å². The SMILES string of the molecule is N#Cc1cc(CCl)ccc1N1CCCCC1. The highest BCUT2D eigenvalue weighted by Crippen LogP contribution is 2.25. The number of hydrogen-bond acceptors (Lipinski definition) is 2. The third-order valence-electron chi connectivity index (χ3n) is 3.03. The number of hydrogen-bond donors (Lipinski definition) is 0. The Balaban J connectivity index is 2.29. The first-order valence-electron chi connectivity index (χ1n) is 5.69. The van der Waals surface area contributed by atoms with E-state index in [1.165, 1.54) is 19.3 Å². The van der Waals surface area contributed by atoms with Crippen LogP contribution >= 0.6 is 11.6 Å². The van der Waals surface area contributed by atoms with Gasteiger partial charge in [-0.2, -0.15) is 5.26 Å². The summed E-state index contributed by atoms with van der Waals surface area (Å²) in [5.74, 6) is 0.467.